The predicted molar refractivity (Wildman–Crippen MR) is 65.0 cm³/mol. The number of hydrogen-bond acceptors (Lipinski definition) is 2. The highest BCUT2D eigenvalue weighted by Gasteiger charge is 2.28. The molecule has 1 unspecified atom stereocenters. The van der Waals surface area contributed by atoms with Gasteiger partial charge >= 0.3 is 0 Å². The van der Waals surface area contributed by atoms with Crippen molar-refractivity contribution in [3.63, 3.8) is 0 Å². The van der Waals surface area contributed by atoms with E-state index in [0.717, 1.165) is 17.9 Å². The first-order valence-electron chi connectivity index (χ1n) is 6.68. The van der Waals surface area contributed by atoms with E-state index in [1.807, 2.05) is 0 Å². The molecular weight excluding hydrogens is 184 g/mol. The molecule has 1 aliphatic carbocycles. The minimum atomic E-state index is 0.841. The molecule has 0 spiro atoms. The molecule has 0 aromatic heterocycles. The monoisotopic (exact) mass is 210 g/mol. The molecule has 2 rings (SSSR count). The quantitative estimate of drug-likeness (QED) is 0.747. The third kappa shape index (κ3) is 3.46. The third-order valence-electron chi connectivity index (χ3n) is 4.14. The van der Waals surface area contributed by atoms with Crippen LogP contribution in [0.5, 0.6) is 0 Å². The van der Waals surface area contributed by atoms with Crippen molar-refractivity contribution in [3.8, 4) is 0 Å². The second-order valence-electron chi connectivity index (χ2n) is 5.57. The maximum absolute atomic E-state index is 3.31. The van der Waals surface area contributed by atoms with Crippen LogP contribution in [0.1, 0.15) is 39.0 Å². The van der Waals surface area contributed by atoms with Crippen molar-refractivity contribution in [1.29, 1.82) is 0 Å². The molecule has 0 aromatic carbocycles. The van der Waals surface area contributed by atoms with E-state index in [-0.39, 0.29) is 0 Å². The number of nitrogens with zero attached hydrogens (tertiary/aromatic N) is 1. The summed E-state index contributed by atoms with van der Waals surface area (Å²) in [6.07, 6.45) is 7.25. The molecule has 0 bridgehead atoms. The molecule has 0 aromatic rings. The zero-order valence-electron chi connectivity index (χ0n) is 10.3. The van der Waals surface area contributed by atoms with Crippen molar-refractivity contribution >= 4 is 0 Å². The first kappa shape index (κ1) is 11.4. The van der Waals surface area contributed by atoms with E-state index in [0.29, 0.717) is 0 Å². The van der Waals surface area contributed by atoms with Gasteiger partial charge in [0.25, 0.3) is 0 Å². The van der Waals surface area contributed by atoms with Crippen molar-refractivity contribution in [2.75, 3.05) is 26.7 Å². The van der Waals surface area contributed by atoms with Crippen molar-refractivity contribution in [2.45, 2.75) is 45.1 Å². The molecule has 1 saturated heterocycles. The van der Waals surface area contributed by atoms with Crippen molar-refractivity contribution in [2.24, 2.45) is 11.8 Å². The summed E-state index contributed by atoms with van der Waals surface area (Å²) < 4.78 is 0. The summed E-state index contributed by atoms with van der Waals surface area (Å²) in [7, 11) is 2.07. The predicted octanol–water partition coefficient (Wildman–Crippen LogP) is 2.11. The summed E-state index contributed by atoms with van der Waals surface area (Å²) in [4.78, 5) is 2.71. The molecule has 2 heteroatoms. The van der Waals surface area contributed by atoms with Crippen molar-refractivity contribution < 1.29 is 0 Å². The Morgan fingerprint density at radius 1 is 1.13 bits per heavy atom. The highest BCUT2D eigenvalue weighted by Crippen LogP contribution is 2.35. The van der Waals surface area contributed by atoms with Gasteiger partial charge in [0.15, 0.2) is 0 Å². The van der Waals surface area contributed by atoms with Crippen LogP contribution in [0.15, 0.2) is 0 Å². The van der Waals surface area contributed by atoms with E-state index < -0.39 is 0 Å². The van der Waals surface area contributed by atoms with Gasteiger partial charge in [0, 0.05) is 6.04 Å². The second-order valence-corrected chi connectivity index (χ2v) is 5.57. The minimum Gasteiger partial charge on any atom is -0.319 e. The van der Waals surface area contributed by atoms with Crippen LogP contribution in [0.4, 0.5) is 0 Å². The molecule has 0 amide bonds. The Morgan fingerprint density at radius 2 is 1.80 bits per heavy atom. The zero-order valence-corrected chi connectivity index (χ0v) is 10.3. The van der Waals surface area contributed by atoms with Gasteiger partial charge in [-0.1, -0.05) is 12.8 Å². The summed E-state index contributed by atoms with van der Waals surface area (Å²) in [6, 6.07) is 0.841. The average molecular weight is 210 g/mol. The molecule has 15 heavy (non-hydrogen) atoms. The lowest BCUT2D eigenvalue weighted by Gasteiger charge is -2.36. The number of hydrogen-bond donors (Lipinski definition) is 1. The van der Waals surface area contributed by atoms with E-state index in [1.165, 1.54) is 51.7 Å². The number of likely N-dealkylation sites (tertiary alicyclic amines) is 1. The second kappa shape index (κ2) is 5.31. The van der Waals surface area contributed by atoms with Crippen LogP contribution in [0.25, 0.3) is 0 Å². The number of nitrogens with one attached hydrogen (secondary N) is 1. The molecule has 1 saturated carbocycles. The van der Waals surface area contributed by atoms with Gasteiger partial charge in [-0.2, -0.15) is 0 Å². The average Bonchev–Trinajstić information content (AvgIpc) is 3.03. The summed E-state index contributed by atoms with van der Waals surface area (Å²) in [6.45, 7) is 6.31. The van der Waals surface area contributed by atoms with Gasteiger partial charge in [-0.05, 0) is 64.7 Å². The van der Waals surface area contributed by atoms with Crippen LogP contribution in [-0.4, -0.2) is 37.6 Å². The fourth-order valence-corrected chi connectivity index (χ4v) is 2.87. The van der Waals surface area contributed by atoms with E-state index in [2.05, 4.69) is 24.2 Å². The molecule has 0 radical (unpaired) electrons. The summed E-state index contributed by atoms with van der Waals surface area (Å²) in [5.41, 5.74) is 0. The molecular formula is C13H26N2. The van der Waals surface area contributed by atoms with Gasteiger partial charge in [0.2, 0.25) is 0 Å². The standard InChI is InChI=1S/C13H26N2/c1-11(9-12-3-4-12)15-7-5-13(6-8-15)10-14-2/h11-14H,3-10H2,1-2H3. The Hall–Kier alpha value is -0.0800. The lowest BCUT2D eigenvalue weighted by Crippen LogP contribution is -2.41. The van der Waals surface area contributed by atoms with E-state index in [1.54, 1.807) is 0 Å². The highest BCUT2D eigenvalue weighted by molar-refractivity contribution is 4.82. The van der Waals surface area contributed by atoms with Gasteiger partial charge in [0.1, 0.15) is 0 Å². The summed E-state index contributed by atoms with van der Waals surface area (Å²) >= 11 is 0. The summed E-state index contributed by atoms with van der Waals surface area (Å²) in [5.74, 6) is 2.01. The fraction of sp³-hybridized carbons (Fsp3) is 1.00. The Balaban J connectivity index is 1.67. The summed E-state index contributed by atoms with van der Waals surface area (Å²) in [5, 5.41) is 3.31. The lowest BCUT2D eigenvalue weighted by molar-refractivity contribution is 0.132. The first-order chi connectivity index (χ1) is 7.29. The van der Waals surface area contributed by atoms with Gasteiger partial charge in [-0.25, -0.2) is 0 Å². The number of piperidine rings is 1. The minimum absolute atomic E-state index is 0.841. The van der Waals surface area contributed by atoms with Gasteiger partial charge in [-0.15, -0.1) is 0 Å². The van der Waals surface area contributed by atoms with Crippen LogP contribution >= 0.6 is 0 Å². The Morgan fingerprint density at radius 3 is 2.33 bits per heavy atom. The van der Waals surface area contributed by atoms with Crippen LogP contribution in [0, 0.1) is 11.8 Å². The zero-order chi connectivity index (χ0) is 10.7. The molecule has 1 aliphatic heterocycles. The Bertz CT molecular complexity index is 181. The smallest absolute Gasteiger partial charge is 0.00695 e. The maximum Gasteiger partial charge on any atom is 0.00695 e. The molecule has 2 fully saturated rings. The van der Waals surface area contributed by atoms with Crippen molar-refractivity contribution in [1.82, 2.24) is 10.2 Å². The maximum atomic E-state index is 3.31. The largest absolute Gasteiger partial charge is 0.319 e. The van der Waals surface area contributed by atoms with Crippen LogP contribution in [0.2, 0.25) is 0 Å². The van der Waals surface area contributed by atoms with Crippen LogP contribution < -0.4 is 5.32 Å². The van der Waals surface area contributed by atoms with E-state index in [9.17, 15) is 0 Å². The third-order valence-corrected chi connectivity index (χ3v) is 4.14. The van der Waals surface area contributed by atoms with Gasteiger partial charge < -0.3 is 10.2 Å². The fourth-order valence-electron chi connectivity index (χ4n) is 2.87. The lowest BCUT2D eigenvalue weighted by atomic mass is 9.95. The van der Waals surface area contributed by atoms with E-state index in [4.69, 9.17) is 0 Å². The molecule has 88 valence electrons. The molecule has 2 aliphatic rings. The normalized spacial score (nSPS) is 26.8. The molecule has 2 nitrogen and oxygen atoms in total. The van der Waals surface area contributed by atoms with Crippen LogP contribution in [-0.2, 0) is 0 Å². The molecule has 1 heterocycles. The first-order valence-corrected chi connectivity index (χ1v) is 6.68. The van der Waals surface area contributed by atoms with Crippen LogP contribution in [0.3, 0.4) is 0 Å². The number of rotatable bonds is 5. The highest BCUT2D eigenvalue weighted by atomic mass is 15.2. The SMILES string of the molecule is CNCC1CCN(C(C)CC2CC2)CC1. The molecule has 1 atom stereocenters. The Kier molecular flexibility index (Phi) is 4.04. The topological polar surface area (TPSA) is 15.3 Å². The van der Waals surface area contributed by atoms with Gasteiger partial charge in [0.05, 0.1) is 0 Å². The van der Waals surface area contributed by atoms with Crippen molar-refractivity contribution in [3.05, 3.63) is 0 Å². The molecule has 1 N–H and O–H groups in total. The Labute approximate surface area is 94.4 Å². The van der Waals surface area contributed by atoms with E-state index >= 15 is 0 Å². The van der Waals surface area contributed by atoms with Gasteiger partial charge in [-0.3, -0.25) is 0 Å².